The van der Waals surface area contributed by atoms with Crippen molar-refractivity contribution in [3.05, 3.63) is 59.7 Å². The van der Waals surface area contributed by atoms with Crippen molar-refractivity contribution in [2.24, 2.45) is 5.92 Å². The zero-order valence-electron chi connectivity index (χ0n) is 17.3. The topological polar surface area (TPSA) is 59.1 Å². The minimum absolute atomic E-state index is 0.0239. The van der Waals surface area contributed by atoms with Crippen LogP contribution in [0.25, 0.3) is 0 Å². The van der Waals surface area contributed by atoms with E-state index in [9.17, 15) is 9.59 Å². The summed E-state index contributed by atoms with van der Waals surface area (Å²) in [5, 5.41) is 0. The average Bonchev–Trinajstić information content (AvgIpc) is 3.12. The fourth-order valence-electron chi connectivity index (χ4n) is 3.70. The molecule has 29 heavy (non-hydrogen) atoms. The average molecular weight is 396 g/mol. The highest BCUT2D eigenvalue weighted by Crippen LogP contribution is 2.28. The van der Waals surface area contributed by atoms with Crippen molar-refractivity contribution in [3.8, 4) is 11.5 Å². The van der Waals surface area contributed by atoms with E-state index >= 15 is 0 Å². The van der Waals surface area contributed by atoms with Gasteiger partial charge in [-0.3, -0.25) is 9.59 Å². The van der Waals surface area contributed by atoms with Crippen LogP contribution in [-0.2, 0) is 22.6 Å². The van der Waals surface area contributed by atoms with Crippen LogP contribution in [0.1, 0.15) is 17.5 Å². The molecule has 3 rings (SSSR count). The second-order valence-electron chi connectivity index (χ2n) is 7.36. The highest BCUT2D eigenvalue weighted by atomic mass is 16.5. The van der Waals surface area contributed by atoms with Crippen molar-refractivity contribution >= 4 is 11.8 Å². The van der Waals surface area contributed by atoms with Crippen LogP contribution >= 0.6 is 0 Å². The third-order valence-corrected chi connectivity index (χ3v) is 5.32. The largest absolute Gasteiger partial charge is 0.493 e. The number of ether oxygens (including phenoxy) is 2. The number of rotatable bonds is 8. The Bertz CT molecular complexity index is 853. The van der Waals surface area contributed by atoms with Gasteiger partial charge in [0.05, 0.1) is 20.1 Å². The van der Waals surface area contributed by atoms with Gasteiger partial charge in [0.15, 0.2) is 11.5 Å². The van der Waals surface area contributed by atoms with Gasteiger partial charge in [-0.05, 0) is 29.7 Å². The molecule has 1 heterocycles. The second-order valence-corrected chi connectivity index (χ2v) is 7.36. The predicted octanol–water partition coefficient (Wildman–Crippen LogP) is 2.75. The third-order valence-electron chi connectivity index (χ3n) is 5.32. The molecule has 0 bridgehead atoms. The van der Waals surface area contributed by atoms with E-state index in [4.69, 9.17) is 9.47 Å². The molecule has 1 atom stereocenters. The van der Waals surface area contributed by atoms with Crippen molar-refractivity contribution in [3.63, 3.8) is 0 Å². The standard InChI is InChI=1S/C23H28N2O4/c1-24(15-18-7-5-4-6-8-18)23(27)19-14-22(26)25(16-19)12-11-17-9-10-20(28-2)21(13-17)29-3/h4-10,13,19H,11-12,14-16H2,1-3H3. The van der Waals surface area contributed by atoms with Crippen LogP contribution in [0.5, 0.6) is 11.5 Å². The van der Waals surface area contributed by atoms with Crippen LogP contribution in [0.3, 0.4) is 0 Å². The van der Waals surface area contributed by atoms with Crippen LogP contribution in [0.2, 0.25) is 0 Å². The van der Waals surface area contributed by atoms with Crippen LogP contribution < -0.4 is 9.47 Å². The lowest BCUT2D eigenvalue weighted by molar-refractivity contribution is -0.135. The number of carbonyl (C=O) groups is 2. The Balaban J connectivity index is 1.55. The minimum atomic E-state index is -0.276. The van der Waals surface area contributed by atoms with Gasteiger partial charge < -0.3 is 19.3 Å². The monoisotopic (exact) mass is 396 g/mol. The van der Waals surface area contributed by atoms with E-state index in [0.717, 1.165) is 11.1 Å². The fourth-order valence-corrected chi connectivity index (χ4v) is 3.70. The normalized spacial score (nSPS) is 16.0. The lowest BCUT2D eigenvalue weighted by Crippen LogP contribution is -2.34. The number of benzene rings is 2. The molecule has 1 aliphatic heterocycles. The number of nitrogens with zero attached hydrogens (tertiary/aromatic N) is 2. The first kappa shape index (κ1) is 20.7. The molecule has 2 aromatic carbocycles. The Morgan fingerprint density at radius 3 is 2.48 bits per heavy atom. The smallest absolute Gasteiger partial charge is 0.228 e. The molecule has 0 aromatic heterocycles. The molecule has 1 fully saturated rings. The van der Waals surface area contributed by atoms with E-state index in [1.807, 2.05) is 48.5 Å². The van der Waals surface area contributed by atoms with Crippen molar-refractivity contribution in [2.45, 2.75) is 19.4 Å². The zero-order chi connectivity index (χ0) is 20.8. The van der Waals surface area contributed by atoms with E-state index in [-0.39, 0.29) is 24.2 Å². The Hall–Kier alpha value is -3.02. The summed E-state index contributed by atoms with van der Waals surface area (Å²) < 4.78 is 10.6. The fraction of sp³-hybridized carbons (Fsp3) is 0.391. The van der Waals surface area contributed by atoms with E-state index < -0.39 is 0 Å². The predicted molar refractivity (Wildman–Crippen MR) is 111 cm³/mol. The Kier molecular flexibility index (Phi) is 6.75. The summed E-state index contributed by atoms with van der Waals surface area (Å²) in [5.74, 6) is 1.14. The van der Waals surface area contributed by atoms with E-state index in [1.165, 1.54) is 0 Å². The molecule has 0 spiro atoms. The summed E-state index contributed by atoms with van der Waals surface area (Å²) >= 11 is 0. The maximum absolute atomic E-state index is 12.8. The summed E-state index contributed by atoms with van der Waals surface area (Å²) in [6.45, 7) is 1.61. The SMILES string of the molecule is COc1ccc(CCN2CC(C(=O)N(C)Cc3ccccc3)CC2=O)cc1OC. The maximum atomic E-state index is 12.8. The van der Waals surface area contributed by atoms with E-state index in [2.05, 4.69) is 0 Å². The summed E-state index contributed by atoms with van der Waals surface area (Å²) in [7, 11) is 5.01. The molecule has 0 saturated carbocycles. The summed E-state index contributed by atoms with van der Waals surface area (Å²) in [4.78, 5) is 28.7. The Labute approximate surface area is 172 Å². The van der Waals surface area contributed by atoms with E-state index in [0.29, 0.717) is 37.6 Å². The third kappa shape index (κ3) is 5.08. The lowest BCUT2D eigenvalue weighted by Gasteiger charge is -2.21. The molecule has 154 valence electrons. The molecular formula is C23H28N2O4. The molecule has 0 N–H and O–H groups in total. The Morgan fingerprint density at radius 2 is 1.79 bits per heavy atom. The van der Waals surface area contributed by atoms with Crippen LogP contribution in [0.4, 0.5) is 0 Å². The van der Waals surface area contributed by atoms with Gasteiger partial charge in [-0.2, -0.15) is 0 Å². The molecule has 2 aromatic rings. The number of carbonyl (C=O) groups excluding carboxylic acids is 2. The van der Waals surface area contributed by atoms with Crippen molar-refractivity contribution in [1.29, 1.82) is 0 Å². The quantitative estimate of drug-likeness (QED) is 0.689. The molecule has 1 saturated heterocycles. The molecule has 1 aliphatic rings. The number of likely N-dealkylation sites (tertiary alicyclic amines) is 1. The van der Waals surface area contributed by atoms with E-state index in [1.54, 1.807) is 31.1 Å². The van der Waals surface area contributed by atoms with Gasteiger partial charge in [0.25, 0.3) is 0 Å². The van der Waals surface area contributed by atoms with Crippen LogP contribution in [-0.4, -0.2) is 56.0 Å². The first-order valence-corrected chi connectivity index (χ1v) is 9.79. The second kappa shape index (κ2) is 9.45. The van der Waals surface area contributed by atoms with Gasteiger partial charge in [0, 0.05) is 33.1 Å². The van der Waals surface area contributed by atoms with Crippen molar-refractivity contribution in [2.75, 3.05) is 34.4 Å². The molecule has 6 heteroatoms. The Morgan fingerprint density at radius 1 is 1.07 bits per heavy atom. The summed E-state index contributed by atoms with van der Waals surface area (Å²) in [5.41, 5.74) is 2.14. The highest BCUT2D eigenvalue weighted by molar-refractivity contribution is 5.89. The van der Waals surface area contributed by atoms with Gasteiger partial charge in [-0.25, -0.2) is 0 Å². The van der Waals surface area contributed by atoms with Gasteiger partial charge in [-0.15, -0.1) is 0 Å². The van der Waals surface area contributed by atoms with Crippen LogP contribution in [0, 0.1) is 5.92 Å². The molecule has 6 nitrogen and oxygen atoms in total. The first-order valence-electron chi connectivity index (χ1n) is 9.79. The van der Waals surface area contributed by atoms with Crippen molar-refractivity contribution in [1.82, 2.24) is 9.80 Å². The first-order chi connectivity index (χ1) is 14.0. The molecule has 0 aliphatic carbocycles. The van der Waals surface area contributed by atoms with Gasteiger partial charge in [-0.1, -0.05) is 36.4 Å². The zero-order valence-corrected chi connectivity index (χ0v) is 17.3. The molecule has 2 amide bonds. The summed E-state index contributed by atoms with van der Waals surface area (Å²) in [6, 6.07) is 15.6. The number of hydrogen-bond donors (Lipinski definition) is 0. The van der Waals surface area contributed by atoms with Gasteiger partial charge in [0.2, 0.25) is 11.8 Å². The number of methoxy groups -OCH3 is 2. The van der Waals surface area contributed by atoms with Gasteiger partial charge >= 0.3 is 0 Å². The lowest BCUT2D eigenvalue weighted by atomic mass is 10.1. The molecule has 1 unspecified atom stereocenters. The summed E-state index contributed by atoms with van der Waals surface area (Å²) in [6.07, 6.45) is 0.983. The number of hydrogen-bond acceptors (Lipinski definition) is 4. The number of amides is 2. The minimum Gasteiger partial charge on any atom is -0.493 e. The van der Waals surface area contributed by atoms with Crippen LogP contribution in [0.15, 0.2) is 48.5 Å². The molecule has 0 radical (unpaired) electrons. The molecular weight excluding hydrogens is 368 g/mol. The maximum Gasteiger partial charge on any atom is 0.228 e. The highest BCUT2D eigenvalue weighted by Gasteiger charge is 2.35. The van der Waals surface area contributed by atoms with Crippen molar-refractivity contribution < 1.29 is 19.1 Å². The van der Waals surface area contributed by atoms with Gasteiger partial charge in [0.1, 0.15) is 0 Å².